The third kappa shape index (κ3) is 3.76. The van der Waals surface area contributed by atoms with Crippen LogP contribution >= 0.6 is 0 Å². The minimum atomic E-state index is -3.34. The highest BCUT2D eigenvalue weighted by Gasteiger charge is 2.36. The van der Waals surface area contributed by atoms with Gasteiger partial charge in [0, 0.05) is 51.1 Å². The standard InChI is InChI=1S/C15H26N4O3S/c1-22-12-13-3-2-8-19(11-13)23(20,21)18-9-5-14(6-10-18)15-4-7-16-17-15/h4,7,13-14H,2-3,5-6,8-12H2,1H3,(H,16,17). The van der Waals surface area contributed by atoms with E-state index >= 15 is 0 Å². The van der Waals surface area contributed by atoms with Crippen LogP contribution in [0.1, 0.15) is 37.3 Å². The largest absolute Gasteiger partial charge is 0.384 e. The Hall–Kier alpha value is -0.960. The first-order chi connectivity index (χ1) is 11.1. The van der Waals surface area contributed by atoms with Crippen molar-refractivity contribution >= 4 is 10.2 Å². The van der Waals surface area contributed by atoms with Crippen LogP contribution in [0.15, 0.2) is 12.3 Å². The summed E-state index contributed by atoms with van der Waals surface area (Å²) < 4.78 is 34.2. The molecule has 1 aromatic heterocycles. The van der Waals surface area contributed by atoms with Crippen molar-refractivity contribution in [1.82, 2.24) is 18.8 Å². The summed E-state index contributed by atoms with van der Waals surface area (Å²) in [4.78, 5) is 0. The van der Waals surface area contributed by atoms with Crippen molar-refractivity contribution in [2.45, 2.75) is 31.6 Å². The van der Waals surface area contributed by atoms with E-state index in [4.69, 9.17) is 4.74 Å². The monoisotopic (exact) mass is 342 g/mol. The molecule has 2 fully saturated rings. The number of nitrogens with one attached hydrogen (secondary N) is 1. The van der Waals surface area contributed by atoms with E-state index in [1.54, 1.807) is 21.9 Å². The van der Waals surface area contributed by atoms with E-state index in [9.17, 15) is 8.42 Å². The number of piperidine rings is 2. The lowest BCUT2D eigenvalue weighted by atomic mass is 9.95. The molecule has 3 rings (SSSR count). The molecule has 8 heteroatoms. The van der Waals surface area contributed by atoms with Gasteiger partial charge < -0.3 is 4.74 Å². The van der Waals surface area contributed by atoms with Crippen molar-refractivity contribution in [3.63, 3.8) is 0 Å². The quantitative estimate of drug-likeness (QED) is 0.872. The highest BCUT2D eigenvalue weighted by atomic mass is 32.2. The van der Waals surface area contributed by atoms with Gasteiger partial charge in [0.1, 0.15) is 0 Å². The lowest BCUT2D eigenvalue weighted by Gasteiger charge is -2.38. The van der Waals surface area contributed by atoms with Gasteiger partial charge in [-0.25, -0.2) is 0 Å². The average Bonchev–Trinajstić information content (AvgIpc) is 3.10. The number of H-pyrrole nitrogens is 1. The molecular formula is C15H26N4O3S. The lowest BCUT2D eigenvalue weighted by Crippen LogP contribution is -2.50. The first-order valence-corrected chi connectivity index (χ1v) is 9.74. The van der Waals surface area contributed by atoms with Gasteiger partial charge in [-0.3, -0.25) is 5.10 Å². The summed E-state index contributed by atoms with van der Waals surface area (Å²) in [6.45, 7) is 3.00. The summed E-state index contributed by atoms with van der Waals surface area (Å²) in [5, 5.41) is 6.99. The molecule has 1 unspecified atom stereocenters. The summed E-state index contributed by atoms with van der Waals surface area (Å²) in [5.41, 5.74) is 1.11. The molecule has 0 aliphatic carbocycles. The van der Waals surface area contributed by atoms with Gasteiger partial charge in [-0.2, -0.15) is 22.1 Å². The first-order valence-electron chi connectivity index (χ1n) is 8.34. The van der Waals surface area contributed by atoms with Crippen molar-refractivity contribution in [3.05, 3.63) is 18.0 Å². The molecule has 130 valence electrons. The van der Waals surface area contributed by atoms with Crippen LogP contribution in [0.2, 0.25) is 0 Å². The predicted molar refractivity (Wildman–Crippen MR) is 87.2 cm³/mol. The number of methoxy groups -OCH3 is 1. The molecule has 0 radical (unpaired) electrons. The third-order valence-corrected chi connectivity index (χ3v) is 6.95. The van der Waals surface area contributed by atoms with Gasteiger partial charge in [0.25, 0.3) is 10.2 Å². The van der Waals surface area contributed by atoms with E-state index in [0.29, 0.717) is 44.6 Å². The number of aromatic nitrogens is 2. The maximum atomic E-state index is 12.9. The van der Waals surface area contributed by atoms with Crippen LogP contribution < -0.4 is 0 Å². The second-order valence-corrected chi connectivity index (χ2v) is 8.44. The zero-order valence-corrected chi connectivity index (χ0v) is 14.5. The molecule has 0 spiro atoms. The minimum Gasteiger partial charge on any atom is -0.384 e. The number of ether oxygens (including phenoxy) is 1. The van der Waals surface area contributed by atoms with Gasteiger partial charge in [0.2, 0.25) is 0 Å². The zero-order valence-electron chi connectivity index (χ0n) is 13.6. The van der Waals surface area contributed by atoms with Crippen molar-refractivity contribution in [2.75, 3.05) is 39.9 Å². The number of nitrogens with zero attached hydrogens (tertiary/aromatic N) is 3. The molecule has 2 aliphatic heterocycles. The normalized spacial score (nSPS) is 25.7. The molecule has 0 aromatic carbocycles. The van der Waals surface area contributed by atoms with Gasteiger partial charge in [-0.05, 0) is 37.7 Å². The van der Waals surface area contributed by atoms with E-state index in [2.05, 4.69) is 10.2 Å². The SMILES string of the molecule is COCC1CCCN(S(=O)(=O)N2CCC(c3ccn[nH]3)CC2)C1. The first kappa shape index (κ1) is 16.9. The summed E-state index contributed by atoms with van der Waals surface area (Å²) in [6.07, 6.45) is 5.40. The highest BCUT2D eigenvalue weighted by Crippen LogP contribution is 2.29. The molecule has 2 aliphatic rings. The maximum Gasteiger partial charge on any atom is 0.281 e. The second-order valence-electron chi connectivity index (χ2n) is 6.51. The van der Waals surface area contributed by atoms with Crippen molar-refractivity contribution in [3.8, 4) is 0 Å². The van der Waals surface area contributed by atoms with E-state index in [1.807, 2.05) is 6.07 Å². The fraction of sp³-hybridized carbons (Fsp3) is 0.800. The Morgan fingerprint density at radius 3 is 2.70 bits per heavy atom. The van der Waals surface area contributed by atoms with Crippen molar-refractivity contribution in [1.29, 1.82) is 0 Å². The summed E-state index contributed by atoms with van der Waals surface area (Å²) in [7, 11) is -1.67. The van der Waals surface area contributed by atoms with Crippen molar-refractivity contribution in [2.24, 2.45) is 5.92 Å². The van der Waals surface area contributed by atoms with E-state index < -0.39 is 10.2 Å². The molecule has 1 aromatic rings. The Morgan fingerprint density at radius 2 is 2.04 bits per heavy atom. The fourth-order valence-corrected chi connectivity index (χ4v) is 5.42. The van der Waals surface area contributed by atoms with E-state index in [0.717, 1.165) is 31.4 Å². The average molecular weight is 342 g/mol. The Balaban J connectivity index is 1.60. The van der Waals surface area contributed by atoms with E-state index in [-0.39, 0.29) is 0 Å². The number of hydrogen-bond donors (Lipinski definition) is 1. The predicted octanol–water partition coefficient (Wildman–Crippen LogP) is 1.19. The molecule has 2 saturated heterocycles. The Morgan fingerprint density at radius 1 is 1.26 bits per heavy atom. The number of rotatable bonds is 5. The molecule has 0 bridgehead atoms. The van der Waals surface area contributed by atoms with Crippen LogP contribution in [0.4, 0.5) is 0 Å². The topological polar surface area (TPSA) is 78.5 Å². The van der Waals surface area contributed by atoms with Crippen LogP contribution in [-0.4, -0.2) is 67.1 Å². The smallest absolute Gasteiger partial charge is 0.281 e. The van der Waals surface area contributed by atoms with E-state index in [1.165, 1.54) is 0 Å². The third-order valence-electron chi connectivity index (χ3n) is 4.95. The fourth-order valence-electron chi connectivity index (χ4n) is 3.66. The van der Waals surface area contributed by atoms with Crippen molar-refractivity contribution < 1.29 is 13.2 Å². The van der Waals surface area contributed by atoms with Gasteiger partial charge in [0.05, 0.1) is 6.61 Å². The Labute approximate surface area is 138 Å². The molecular weight excluding hydrogens is 316 g/mol. The highest BCUT2D eigenvalue weighted by molar-refractivity contribution is 7.86. The molecule has 3 heterocycles. The van der Waals surface area contributed by atoms with Crippen LogP contribution in [0.3, 0.4) is 0 Å². The van der Waals surface area contributed by atoms with Gasteiger partial charge in [-0.15, -0.1) is 0 Å². The van der Waals surface area contributed by atoms with Crippen LogP contribution in [0, 0.1) is 5.92 Å². The Kier molecular flexibility index (Phi) is 5.35. The zero-order chi connectivity index (χ0) is 16.3. The Bertz CT molecular complexity index is 580. The van der Waals surface area contributed by atoms with Crippen LogP contribution in [0.5, 0.6) is 0 Å². The molecule has 1 atom stereocenters. The molecule has 23 heavy (non-hydrogen) atoms. The van der Waals surface area contributed by atoms with Gasteiger partial charge in [0.15, 0.2) is 0 Å². The van der Waals surface area contributed by atoms with Crippen LogP contribution in [-0.2, 0) is 14.9 Å². The van der Waals surface area contributed by atoms with Crippen LogP contribution in [0.25, 0.3) is 0 Å². The van der Waals surface area contributed by atoms with Gasteiger partial charge >= 0.3 is 0 Å². The number of aromatic amines is 1. The second kappa shape index (κ2) is 7.29. The lowest BCUT2D eigenvalue weighted by molar-refractivity contribution is 0.115. The molecule has 0 saturated carbocycles. The molecule has 7 nitrogen and oxygen atoms in total. The minimum absolute atomic E-state index is 0.311. The summed E-state index contributed by atoms with van der Waals surface area (Å²) >= 11 is 0. The number of hydrogen-bond acceptors (Lipinski definition) is 4. The molecule has 1 N–H and O–H groups in total. The summed E-state index contributed by atoms with van der Waals surface area (Å²) in [6, 6.07) is 1.98. The summed E-state index contributed by atoms with van der Waals surface area (Å²) in [5.74, 6) is 0.692. The van der Waals surface area contributed by atoms with Gasteiger partial charge in [-0.1, -0.05) is 0 Å². The molecule has 0 amide bonds. The maximum absolute atomic E-state index is 12.9.